The SMILES string of the molecule is NCC1CCN(C(=O)c2cncn2-c2ccccc2)C1. The first-order valence-corrected chi connectivity index (χ1v) is 6.86. The van der Waals surface area contributed by atoms with Crippen LogP contribution in [-0.2, 0) is 0 Å². The fraction of sp³-hybridized carbons (Fsp3) is 0.333. The maximum atomic E-state index is 12.6. The lowest BCUT2D eigenvalue weighted by Crippen LogP contribution is -2.31. The third kappa shape index (κ3) is 2.32. The first kappa shape index (κ1) is 12.9. The van der Waals surface area contributed by atoms with E-state index < -0.39 is 0 Å². The molecule has 1 atom stereocenters. The second kappa shape index (κ2) is 5.46. The highest BCUT2D eigenvalue weighted by atomic mass is 16.2. The van der Waals surface area contributed by atoms with Crippen molar-refractivity contribution in [1.82, 2.24) is 14.5 Å². The van der Waals surface area contributed by atoms with Gasteiger partial charge in [-0.15, -0.1) is 0 Å². The van der Waals surface area contributed by atoms with Gasteiger partial charge in [0.2, 0.25) is 0 Å². The number of nitrogens with zero attached hydrogens (tertiary/aromatic N) is 3. The smallest absolute Gasteiger partial charge is 0.272 e. The lowest BCUT2D eigenvalue weighted by atomic mass is 10.1. The first-order chi connectivity index (χ1) is 9.79. The number of hydrogen-bond acceptors (Lipinski definition) is 3. The molecule has 1 aliphatic rings. The van der Waals surface area contributed by atoms with Crippen LogP contribution >= 0.6 is 0 Å². The van der Waals surface area contributed by atoms with Crippen LogP contribution in [0.1, 0.15) is 16.9 Å². The lowest BCUT2D eigenvalue weighted by Gasteiger charge is -2.17. The minimum atomic E-state index is 0.0299. The molecule has 20 heavy (non-hydrogen) atoms. The molecule has 1 amide bonds. The number of hydrogen-bond donors (Lipinski definition) is 1. The van der Waals surface area contributed by atoms with E-state index in [1.54, 1.807) is 12.5 Å². The summed E-state index contributed by atoms with van der Waals surface area (Å²) in [4.78, 5) is 18.6. The monoisotopic (exact) mass is 270 g/mol. The number of likely N-dealkylation sites (tertiary alicyclic amines) is 1. The summed E-state index contributed by atoms with van der Waals surface area (Å²) in [5.41, 5.74) is 7.23. The van der Waals surface area contributed by atoms with Gasteiger partial charge in [0, 0.05) is 18.8 Å². The van der Waals surface area contributed by atoms with Gasteiger partial charge >= 0.3 is 0 Å². The van der Waals surface area contributed by atoms with E-state index in [0.717, 1.165) is 25.2 Å². The van der Waals surface area contributed by atoms with E-state index in [4.69, 9.17) is 5.73 Å². The van der Waals surface area contributed by atoms with Gasteiger partial charge < -0.3 is 10.6 Å². The predicted octanol–water partition coefficient (Wildman–Crippen LogP) is 1.29. The molecular formula is C15H18N4O. The van der Waals surface area contributed by atoms with Crippen molar-refractivity contribution < 1.29 is 4.79 Å². The average molecular weight is 270 g/mol. The standard InChI is InChI=1S/C15H18N4O/c16-8-12-6-7-18(10-12)15(20)14-9-17-11-19(14)13-4-2-1-3-5-13/h1-5,9,11-12H,6-8,10,16H2. The number of benzene rings is 1. The van der Waals surface area contributed by atoms with Crippen LogP contribution < -0.4 is 5.73 Å². The van der Waals surface area contributed by atoms with Crippen LogP contribution in [0.25, 0.3) is 5.69 Å². The molecule has 5 nitrogen and oxygen atoms in total. The van der Waals surface area contributed by atoms with Crippen LogP contribution in [0, 0.1) is 5.92 Å². The minimum absolute atomic E-state index is 0.0299. The average Bonchev–Trinajstić information content (AvgIpc) is 3.16. The highest BCUT2D eigenvalue weighted by Crippen LogP contribution is 2.19. The summed E-state index contributed by atoms with van der Waals surface area (Å²) in [7, 11) is 0. The summed E-state index contributed by atoms with van der Waals surface area (Å²) in [5.74, 6) is 0.453. The number of nitrogens with two attached hydrogens (primary N) is 1. The van der Waals surface area contributed by atoms with Crippen LogP contribution in [0.3, 0.4) is 0 Å². The topological polar surface area (TPSA) is 64.2 Å². The summed E-state index contributed by atoms with van der Waals surface area (Å²) in [6, 6.07) is 9.78. The molecule has 1 aromatic heterocycles. The van der Waals surface area contributed by atoms with E-state index in [9.17, 15) is 4.79 Å². The van der Waals surface area contributed by atoms with Gasteiger partial charge in [-0.05, 0) is 31.0 Å². The Labute approximate surface area is 118 Å². The highest BCUT2D eigenvalue weighted by molar-refractivity contribution is 5.93. The van der Waals surface area contributed by atoms with Gasteiger partial charge in [0.05, 0.1) is 12.5 Å². The van der Waals surface area contributed by atoms with E-state index >= 15 is 0 Å². The Morgan fingerprint density at radius 3 is 2.85 bits per heavy atom. The van der Waals surface area contributed by atoms with Gasteiger partial charge in [-0.2, -0.15) is 0 Å². The van der Waals surface area contributed by atoms with E-state index in [1.165, 1.54) is 0 Å². The molecule has 104 valence electrons. The maximum Gasteiger partial charge on any atom is 0.272 e. The van der Waals surface area contributed by atoms with Gasteiger partial charge in [-0.3, -0.25) is 9.36 Å². The number of para-hydroxylation sites is 1. The summed E-state index contributed by atoms with van der Waals surface area (Å²) < 4.78 is 1.83. The third-order valence-electron chi connectivity index (χ3n) is 3.80. The molecule has 1 unspecified atom stereocenters. The minimum Gasteiger partial charge on any atom is -0.337 e. The molecule has 3 rings (SSSR count). The number of imidazole rings is 1. The highest BCUT2D eigenvalue weighted by Gasteiger charge is 2.27. The van der Waals surface area contributed by atoms with Crippen molar-refractivity contribution in [3.8, 4) is 5.69 Å². The van der Waals surface area contributed by atoms with Gasteiger partial charge in [-0.25, -0.2) is 4.98 Å². The molecule has 2 aromatic rings. The molecule has 5 heteroatoms. The fourth-order valence-corrected chi connectivity index (χ4v) is 2.62. The molecule has 0 saturated carbocycles. The van der Waals surface area contributed by atoms with Crippen molar-refractivity contribution in [1.29, 1.82) is 0 Å². The molecule has 0 bridgehead atoms. The summed E-state index contributed by atoms with van der Waals surface area (Å²) in [6.45, 7) is 2.16. The zero-order valence-electron chi connectivity index (χ0n) is 11.3. The Morgan fingerprint density at radius 2 is 2.15 bits per heavy atom. The number of rotatable bonds is 3. The van der Waals surface area contributed by atoms with Crippen molar-refractivity contribution in [2.24, 2.45) is 11.7 Å². The van der Waals surface area contributed by atoms with Crippen LogP contribution in [-0.4, -0.2) is 40.0 Å². The molecule has 2 heterocycles. The first-order valence-electron chi connectivity index (χ1n) is 6.86. The Hall–Kier alpha value is -2.14. The van der Waals surface area contributed by atoms with Crippen molar-refractivity contribution in [2.75, 3.05) is 19.6 Å². The van der Waals surface area contributed by atoms with E-state index in [1.807, 2.05) is 39.8 Å². The molecule has 1 fully saturated rings. The Kier molecular flexibility index (Phi) is 3.52. The van der Waals surface area contributed by atoms with Crippen LogP contribution in [0.4, 0.5) is 0 Å². The fourth-order valence-electron chi connectivity index (χ4n) is 2.62. The number of amides is 1. The molecule has 0 radical (unpaired) electrons. The Morgan fingerprint density at radius 1 is 1.35 bits per heavy atom. The van der Waals surface area contributed by atoms with Gasteiger partial charge in [0.1, 0.15) is 5.69 Å². The number of aromatic nitrogens is 2. The van der Waals surface area contributed by atoms with Crippen LogP contribution in [0.5, 0.6) is 0 Å². The molecular weight excluding hydrogens is 252 g/mol. The molecule has 1 aromatic carbocycles. The number of carbonyl (C=O) groups excluding carboxylic acids is 1. The third-order valence-corrected chi connectivity index (χ3v) is 3.80. The van der Waals surface area contributed by atoms with Crippen LogP contribution in [0.2, 0.25) is 0 Å². The number of carbonyl (C=O) groups is 1. The normalized spacial score (nSPS) is 18.4. The van der Waals surface area contributed by atoms with Crippen molar-refractivity contribution in [2.45, 2.75) is 6.42 Å². The van der Waals surface area contributed by atoms with E-state index in [-0.39, 0.29) is 5.91 Å². The van der Waals surface area contributed by atoms with Gasteiger partial charge in [0.25, 0.3) is 5.91 Å². The van der Waals surface area contributed by atoms with Crippen molar-refractivity contribution in [3.63, 3.8) is 0 Å². The van der Waals surface area contributed by atoms with Crippen LogP contribution in [0.15, 0.2) is 42.9 Å². The summed E-state index contributed by atoms with van der Waals surface area (Å²) in [6.07, 6.45) is 4.30. The van der Waals surface area contributed by atoms with E-state index in [2.05, 4.69) is 4.98 Å². The summed E-state index contributed by atoms with van der Waals surface area (Å²) >= 11 is 0. The van der Waals surface area contributed by atoms with Crippen molar-refractivity contribution in [3.05, 3.63) is 48.5 Å². The molecule has 0 spiro atoms. The second-order valence-electron chi connectivity index (χ2n) is 5.13. The molecule has 0 aliphatic carbocycles. The van der Waals surface area contributed by atoms with Crippen molar-refractivity contribution >= 4 is 5.91 Å². The largest absolute Gasteiger partial charge is 0.337 e. The second-order valence-corrected chi connectivity index (χ2v) is 5.13. The lowest BCUT2D eigenvalue weighted by molar-refractivity contribution is 0.0779. The quantitative estimate of drug-likeness (QED) is 0.914. The van der Waals surface area contributed by atoms with Gasteiger partial charge in [0.15, 0.2) is 0 Å². The molecule has 2 N–H and O–H groups in total. The Bertz CT molecular complexity index is 593. The zero-order valence-corrected chi connectivity index (χ0v) is 11.3. The predicted molar refractivity (Wildman–Crippen MR) is 76.6 cm³/mol. The van der Waals surface area contributed by atoms with E-state index in [0.29, 0.717) is 18.2 Å². The molecule has 1 aliphatic heterocycles. The Balaban J connectivity index is 1.85. The van der Waals surface area contributed by atoms with Gasteiger partial charge in [-0.1, -0.05) is 18.2 Å². The summed E-state index contributed by atoms with van der Waals surface area (Å²) in [5, 5.41) is 0. The molecule has 1 saturated heterocycles. The maximum absolute atomic E-state index is 12.6. The zero-order chi connectivity index (χ0) is 13.9.